The molecule has 116 valence electrons. The van der Waals surface area contributed by atoms with Crippen molar-refractivity contribution in [1.82, 2.24) is 15.1 Å². The molecule has 2 aromatic heterocycles. The third-order valence-electron chi connectivity index (χ3n) is 4.36. The average Bonchev–Trinajstić information content (AvgIpc) is 3.24. The van der Waals surface area contributed by atoms with E-state index in [-0.39, 0.29) is 0 Å². The lowest BCUT2D eigenvalue weighted by Gasteiger charge is -2.38. The van der Waals surface area contributed by atoms with Crippen LogP contribution < -0.4 is 4.90 Å². The average molecular weight is 410 g/mol. The van der Waals surface area contributed by atoms with Crippen LogP contribution in [0, 0.1) is 0 Å². The molecule has 0 aromatic carbocycles. The highest BCUT2D eigenvalue weighted by atomic mass is 127. The second kappa shape index (κ2) is 5.47. The molecule has 1 saturated heterocycles. The lowest BCUT2D eigenvalue weighted by molar-refractivity contribution is 0.380. The Morgan fingerprint density at radius 2 is 2.23 bits per heavy atom. The first-order chi connectivity index (χ1) is 10.6. The van der Waals surface area contributed by atoms with Crippen molar-refractivity contribution in [1.29, 1.82) is 0 Å². The molecule has 1 aliphatic carbocycles. The second-order valence-electron chi connectivity index (χ2n) is 6.57. The van der Waals surface area contributed by atoms with Gasteiger partial charge in [0, 0.05) is 22.4 Å². The van der Waals surface area contributed by atoms with E-state index in [0.29, 0.717) is 15.2 Å². The SMILES string of the molecule is C[C@]1(I)CCCN(c2ccc(-c3noc(C4CC4)n3)nc2)C1. The Hall–Kier alpha value is -1.18. The zero-order valence-electron chi connectivity index (χ0n) is 12.6. The van der Waals surface area contributed by atoms with Crippen molar-refractivity contribution in [2.75, 3.05) is 18.0 Å². The Morgan fingerprint density at radius 3 is 2.91 bits per heavy atom. The molecule has 2 fully saturated rings. The van der Waals surface area contributed by atoms with Crippen molar-refractivity contribution in [3.8, 4) is 11.5 Å². The van der Waals surface area contributed by atoms with Crippen molar-refractivity contribution in [3.05, 3.63) is 24.2 Å². The van der Waals surface area contributed by atoms with Crippen molar-refractivity contribution in [3.63, 3.8) is 0 Å². The standard InChI is InChI=1S/C16H19IN4O/c1-16(17)7-2-8-21(10-16)12-5-6-13(18-9-12)14-19-15(22-20-14)11-3-4-11/h5-6,9,11H,2-4,7-8,10H2,1H3/t16-/m0/s1. The van der Waals surface area contributed by atoms with Gasteiger partial charge in [-0.3, -0.25) is 4.98 Å². The minimum Gasteiger partial charge on any atom is -0.369 e. The topological polar surface area (TPSA) is 55.1 Å². The first kappa shape index (κ1) is 14.4. The monoisotopic (exact) mass is 410 g/mol. The first-order valence-corrected chi connectivity index (χ1v) is 8.92. The summed E-state index contributed by atoms with van der Waals surface area (Å²) in [5.74, 6) is 1.85. The molecular weight excluding hydrogens is 391 g/mol. The van der Waals surface area contributed by atoms with Gasteiger partial charge < -0.3 is 9.42 Å². The van der Waals surface area contributed by atoms with Crippen molar-refractivity contribution < 1.29 is 4.52 Å². The van der Waals surface area contributed by atoms with Crippen LogP contribution in [0.2, 0.25) is 0 Å². The molecule has 4 rings (SSSR count). The van der Waals surface area contributed by atoms with E-state index in [9.17, 15) is 0 Å². The van der Waals surface area contributed by atoms with Gasteiger partial charge in [-0.25, -0.2) is 0 Å². The minimum atomic E-state index is 0.349. The summed E-state index contributed by atoms with van der Waals surface area (Å²) < 4.78 is 5.65. The summed E-state index contributed by atoms with van der Waals surface area (Å²) >= 11 is 2.57. The number of aromatic nitrogens is 3. The molecule has 1 atom stereocenters. The maximum absolute atomic E-state index is 5.30. The van der Waals surface area contributed by atoms with Gasteiger partial charge in [-0.1, -0.05) is 27.7 Å². The quantitative estimate of drug-likeness (QED) is 0.569. The van der Waals surface area contributed by atoms with Gasteiger partial charge in [-0.2, -0.15) is 4.98 Å². The third kappa shape index (κ3) is 2.98. The molecule has 6 heteroatoms. The van der Waals surface area contributed by atoms with Crippen molar-refractivity contribution >= 4 is 28.3 Å². The molecule has 1 aliphatic heterocycles. The van der Waals surface area contributed by atoms with Crippen LogP contribution in [0.4, 0.5) is 5.69 Å². The summed E-state index contributed by atoms with van der Waals surface area (Å²) in [7, 11) is 0. The number of nitrogens with zero attached hydrogens (tertiary/aromatic N) is 4. The lowest BCUT2D eigenvalue weighted by Crippen LogP contribution is -2.42. The van der Waals surface area contributed by atoms with Crippen LogP contribution in [0.3, 0.4) is 0 Å². The molecule has 5 nitrogen and oxygen atoms in total. The normalized spacial score (nSPS) is 25.5. The van der Waals surface area contributed by atoms with E-state index in [2.05, 4.69) is 55.6 Å². The number of rotatable bonds is 3. The number of piperidine rings is 1. The second-order valence-corrected chi connectivity index (χ2v) is 9.17. The molecule has 2 aliphatic rings. The smallest absolute Gasteiger partial charge is 0.230 e. The van der Waals surface area contributed by atoms with Crippen LogP contribution >= 0.6 is 22.6 Å². The Bertz CT molecular complexity index is 663. The summed E-state index contributed by atoms with van der Waals surface area (Å²) in [6.07, 6.45) is 6.77. The largest absolute Gasteiger partial charge is 0.369 e. The number of hydrogen-bond acceptors (Lipinski definition) is 5. The number of hydrogen-bond donors (Lipinski definition) is 0. The van der Waals surface area contributed by atoms with Crippen LogP contribution in [0.15, 0.2) is 22.9 Å². The van der Waals surface area contributed by atoms with E-state index in [1.165, 1.54) is 18.5 Å². The molecule has 2 aromatic rings. The Morgan fingerprint density at radius 1 is 1.36 bits per heavy atom. The molecular formula is C16H19IN4O. The van der Waals surface area contributed by atoms with Crippen LogP contribution in [0.25, 0.3) is 11.5 Å². The molecule has 0 bridgehead atoms. The zero-order chi connectivity index (χ0) is 15.2. The van der Waals surface area contributed by atoms with Crippen molar-refractivity contribution in [2.24, 2.45) is 0 Å². The zero-order valence-corrected chi connectivity index (χ0v) is 14.8. The number of alkyl halides is 1. The van der Waals surface area contributed by atoms with Gasteiger partial charge in [-0.05, 0) is 44.7 Å². The molecule has 1 saturated carbocycles. The predicted octanol–water partition coefficient (Wildman–Crippen LogP) is 3.80. The van der Waals surface area contributed by atoms with Crippen molar-refractivity contribution in [2.45, 2.75) is 41.9 Å². The maximum Gasteiger partial charge on any atom is 0.230 e. The van der Waals surface area contributed by atoms with Crippen LogP contribution in [0.1, 0.15) is 44.4 Å². The van der Waals surface area contributed by atoms with Crippen LogP contribution in [-0.2, 0) is 0 Å². The van der Waals surface area contributed by atoms with Gasteiger partial charge in [0.25, 0.3) is 0 Å². The van der Waals surface area contributed by atoms with Gasteiger partial charge in [0.05, 0.1) is 11.9 Å². The fourth-order valence-electron chi connectivity index (χ4n) is 2.96. The van der Waals surface area contributed by atoms with Crippen LogP contribution in [0.5, 0.6) is 0 Å². The predicted molar refractivity (Wildman–Crippen MR) is 93.4 cm³/mol. The lowest BCUT2D eigenvalue weighted by atomic mass is 10.00. The molecule has 0 unspecified atom stereocenters. The van der Waals surface area contributed by atoms with Gasteiger partial charge in [0.2, 0.25) is 11.7 Å². The summed E-state index contributed by atoms with van der Waals surface area (Å²) in [5, 5.41) is 4.05. The third-order valence-corrected chi connectivity index (χ3v) is 5.24. The van der Waals surface area contributed by atoms with E-state index >= 15 is 0 Å². The Labute approximate surface area is 143 Å². The fourth-order valence-corrected chi connectivity index (χ4v) is 3.75. The molecule has 0 N–H and O–H groups in total. The van der Waals surface area contributed by atoms with Crippen LogP contribution in [-0.4, -0.2) is 31.6 Å². The number of anilines is 1. The summed E-state index contributed by atoms with van der Waals surface area (Å²) in [6, 6.07) is 4.11. The van der Waals surface area contributed by atoms with E-state index in [1.807, 2.05) is 12.3 Å². The molecule has 0 spiro atoms. The van der Waals surface area contributed by atoms with E-state index < -0.39 is 0 Å². The minimum absolute atomic E-state index is 0.349. The first-order valence-electron chi connectivity index (χ1n) is 7.85. The maximum atomic E-state index is 5.30. The highest BCUT2D eigenvalue weighted by molar-refractivity contribution is 14.1. The number of pyridine rings is 1. The molecule has 0 amide bonds. The molecule has 3 heterocycles. The highest BCUT2D eigenvalue weighted by Gasteiger charge is 2.30. The molecule has 22 heavy (non-hydrogen) atoms. The number of halogens is 1. The van der Waals surface area contributed by atoms with Gasteiger partial charge in [0.15, 0.2) is 0 Å². The van der Waals surface area contributed by atoms with E-state index in [4.69, 9.17) is 4.52 Å². The molecule has 0 radical (unpaired) electrons. The summed E-state index contributed by atoms with van der Waals surface area (Å²) in [6.45, 7) is 4.50. The van der Waals surface area contributed by atoms with Gasteiger partial charge >= 0.3 is 0 Å². The Balaban J connectivity index is 1.52. The van der Waals surface area contributed by atoms with E-state index in [0.717, 1.165) is 37.5 Å². The summed E-state index contributed by atoms with van der Waals surface area (Å²) in [5.41, 5.74) is 1.96. The fraction of sp³-hybridized carbons (Fsp3) is 0.562. The van der Waals surface area contributed by atoms with Gasteiger partial charge in [0.1, 0.15) is 5.69 Å². The van der Waals surface area contributed by atoms with Gasteiger partial charge in [-0.15, -0.1) is 0 Å². The highest BCUT2D eigenvalue weighted by Crippen LogP contribution is 2.39. The summed E-state index contributed by atoms with van der Waals surface area (Å²) in [4.78, 5) is 11.4. The Kier molecular flexibility index (Phi) is 3.58. The van der Waals surface area contributed by atoms with E-state index in [1.54, 1.807) is 0 Å².